The van der Waals surface area contributed by atoms with E-state index in [9.17, 15) is 9.59 Å². The van der Waals surface area contributed by atoms with E-state index in [1.165, 1.54) is 0 Å². The maximum absolute atomic E-state index is 12.1. The minimum absolute atomic E-state index is 0.0976. The van der Waals surface area contributed by atoms with Gasteiger partial charge in [-0.15, -0.1) is 0 Å². The van der Waals surface area contributed by atoms with Crippen LogP contribution in [-0.2, 0) is 20.8 Å². The Hall–Kier alpha value is -2.28. The molecule has 2 N–H and O–H groups in total. The number of carbonyl (C=O) groups is 2. The molecule has 0 heterocycles. The zero-order valence-electron chi connectivity index (χ0n) is 16.5. The van der Waals surface area contributed by atoms with Gasteiger partial charge in [-0.2, -0.15) is 0 Å². The summed E-state index contributed by atoms with van der Waals surface area (Å²) in [6, 6.07) is 9.17. The quantitative estimate of drug-likeness (QED) is 0.820. The van der Waals surface area contributed by atoms with Crippen LogP contribution in [-0.4, -0.2) is 43.1 Å². The Morgan fingerprint density at radius 2 is 1.78 bits per heavy atom. The van der Waals surface area contributed by atoms with Gasteiger partial charge in [0.15, 0.2) is 0 Å². The van der Waals surface area contributed by atoms with Gasteiger partial charge in [0.05, 0.1) is 12.1 Å². The first kappa shape index (κ1) is 21.0. The summed E-state index contributed by atoms with van der Waals surface area (Å²) < 4.78 is 16.1. The summed E-state index contributed by atoms with van der Waals surface area (Å²) in [6.45, 7) is 5.66. The molecular formula is C20H30N2O5. The highest BCUT2D eigenvalue weighted by Gasteiger charge is 2.33. The van der Waals surface area contributed by atoms with Crippen molar-refractivity contribution in [2.24, 2.45) is 0 Å². The van der Waals surface area contributed by atoms with Gasteiger partial charge in [0.1, 0.15) is 12.2 Å². The average Bonchev–Trinajstić information content (AvgIpc) is 2.59. The zero-order valence-corrected chi connectivity index (χ0v) is 16.5. The lowest BCUT2D eigenvalue weighted by atomic mass is 9.88. The first-order valence-electron chi connectivity index (χ1n) is 9.26. The summed E-state index contributed by atoms with van der Waals surface area (Å²) in [5.74, 6) is 0. The van der Waals surface area contributed by atoms with Crippen LogP contribution in [0.2, 0.25) is 0 Å². The molecule has 0 spiro atoms. The second kappa shape index (κ2) is 9.60. The number of hydrogen-bond acceptors (Lipinski definition) is 5. The molecule has 3 atom stereocenters. The van der Waals surface area contributed by atoms with Gasteiger partial charge in [0.25, 0.3) is 0 Å². The van der Waals surface area contributed by atoms with Gasteiger partial charge in [0, 0.05) is 13.2 Å². The molecule has 27 heavy (non-hydrogen) atoms. The molecule has 150 valence electrons. The molecule has 1 saturated carbocycles. The third-order valence-electron chi connectivity index (χ3n) is 4.33. The Bertz CT molecular complexity index is 615. The van der Waals surface area contributed by atoms with Gasteiger partial charge in [-0.1, -0.05) is 30.3 Å². The molecule has 1 aromatic carbocycles. The first-order valence-corrected chi connectivity index (χ1v) is 9.26. The highest BCUT2D eigenvalue weighted by molar-refractivity contribution is 5.69. The van der Waals surface area contributed by atoms with E-state index in [4.69, 9.17) is 14.2 Å². The van der Waals surface area contributed by atoms with Crippen molar-refractivity contribution in [1.29, 1.82) is 0 Å². The molecule has 2 amide bonds. The van der Waals surface area contributed by atoms with Crippen molar-refractivity contribution < 1.29 is 23.8 Å². The molecule has 0 unspecified atom stereocenters. The highest BCUT2D eigenvalue weighted by Crippen LogP contribution is 2.22. The number of amides is 2. The van der Waals surface area contributed by atoms with E-state index < -0.39 is 17.8 Å². The zero-order chi connectivity index (χ0) is 19.9. The molecule has 1 fully saturated rings. The number of ether oxygens (including phenoxy) is 3. The number of benzene rings is 1. The summed E-state index contributed by atoms with van der Waals surface area (Å²) in [4.78, 5) is 24.2. The van der Waals surface area contributed by atoms with Gasteiger partial charge in [-0.05, 0) is 45.6 Å². The lowest BCUT2D eigenvalue weighted by molar-refractivity contribution is 0.0160. The Morgan fingerprint density at radius 1 is 1.07 bits per heavy atom. The fourth-order valence-corrected chi connectivity index (χ4v) is 3.10. The predicted molar refractivity (Wildman–Crippen MR) is 101 cm³/mol. The van der Waals surface area contributed by atoms with Gasteiger partial charge in [-0.3, -0.25) is 0 Å². The summed E-state index contributed by atoms with van der Waals surface area (Å²) >= 11 is 0. The van der Waals surface area contributed by atoms with Gasteiger partial charge in [0.2, 0.25) is 0 Å². The maximum atomic E-state index is 12.1. The fourth-order valence-electron chi connectivity index (χ4n) is 3.10. The molecule has 1 aromatic rings. The van der Waals surface area contributed by atoms with Crippen LogP contribution in [0, 0.1) is 0 Å². The van der Waals surface area contributed by atoms with Crippen LogP contribution in [0.15, 0.2) is 30.3 Å². The molecule has 7 nitrogen and oxygen atoms in total. The van der Waals surface area contributed by atoms with Crippen molar-refractivity contribution in [3.8, 4) is 0 Å². The van der Waals surface area contributed by atoms with Crippen molar-refractivity contribution in [3.05, 3.63) is 35.9 Å². The van der Waals surface area contributed by atoms with E-state index >= 15 is 0 Å². The van der Waals surface area contributed by atoms with Crippen LogP contribution in [0.5, 0.6) is 0 Å². The largest absolute Gasteiger partial charge is 0.445 e. The third-order valence-corrected chi connectivity index (χ3v) is 4.33. The van der Waals surface area contributed by atoms with Crippen LogP contribution in [0.4, 0.5) is 9.59 Å². The van der Waals surface area contributed by atoms with E-state index in [1.807, 2.05) is 51.1 Å². The van der Waals surface area contributed by atoms with Crippen LogP contribution < -0.4 is 10.6 Å². The van der Waals surface area contributed by atoms with E-state index in [2.05, 4.69) is 10.6 Å². The van der Waals surface area contributed by atoms with Gasteiger partial charge in [-0.25, -0.2) is 9.59 Å². The van der Waals surface area contributed by atoms with Gasteiger partial charge < -0.3 is 24.8 Å². The Balaban J connectivity index is 1.83. The first-order chi connectivity index (χ1) is 12.8. The Labute approximate surface area is 160 Å². The van der Waals surface area contributed by atoms with E-state index in [-0.39, 0.29) is 24.8 Å². The van der Waals surface area contributed by atoms with Crippen LogP contribution in [0.1, 0.15) is 45.6 Å². The summed E-state index contributed by atoms with van der Waals surface area (Å²) in [5.41, 5.74) is 0.362. The molecule has 0 aliphatic heterocycles. The van der Waals surface area contributed by atoms with Gasteiger partial charge >= 0.3 is 12.2 Å². The highest BCUT2D eigenvalue weighted by atomic mass is 16.6. The van der Waals surface area contributed by atoms with Crippen LogP contribution in [0.3, 0.4) is 0 Å². The minimum atomic E-state index is -0.569. The number of hydrogen-bond donors (Lipinski definition) is 2. The SMILES string of the molecule is CO[C@@H]1CC[C@H](NC(=O)OCc2ccccc2)C[C@H]1NC(=O)OC(C)(C)C. The molecule has 0 aromatic heterocycles. The Kier molecular flexibility index (Phi) is 7.47. The van der Waals surface area contributed by atoms with Crippen LogP contribution in [0.25, 0.3) is 0 Å². The summed E-state index contributed by atoms with van der Waals surface area (Å²) in [5, 5.41) is 5.74. The predicted octanol–water partition coefficient (Wildman–Crippen LogP) is 3.37. The number of alkyl carbamates (subject to hydrolysis) is 2. The molecule has 0 bridgehead atoms. The lowest BCUT2D eigenvalue weighted by Gasteiger charge is -2.36. The average molecular weight is 378 g/mol. The molecule has 1 aliphatic carbocycles. The molecule has 0 saturated heterocycles. The minimum Gasteiger partial charge on any atom is -0.445 e. The number of rotatable bonds is 5. The van der Waals surface area contributed by atoms with Crippen LogP contribution >= 0.6 is 0 Å². The second-order valence-electron chi connectivity index (χ2n) is 7.74. The standard InChI is InChI=1S/C20H30N2O5/c1-20(2,3)27-19(24)22-16-12-15(10-11-17(16)25-4)21-18(23)26-13-14-8-6-5-7-9-14/h5-9,15-17H,10-13H2,1-4H3,(H,21,23)(H,22,24)/t15-,16+,17+/m0/s1. The molecular weight excluding hydrogens is 348 g/mol. The maximum Gasteiger partial charge on any atom is 0.407 e. The van der Waals surface area contributed by atoms with E-state index in [0.717, 1.165) is 18.4 Å². The lowest BCUT2D eigenvalue weighted by Crippen LogP contribution is -2.53. The second-order valence-corrected chi connectivity index (χ2v) is 7.74. The smallest absolute Gasteiger partial charge is 0.407 e. The normalized spacial score (nSPS) is 22.6. The number of methoxy groups -OCH3 is 1. The van der Waals surface area contributed by atoms with E-state index in [1.54, 1.807) is 7.11 Å². The molecule has 2 rings (SSSR count). The topological polar surface area (TPSA) is 85.9 Å². The van der Waals surface area contributed by atoms with E-state index in [0.29, 0.717) is 6.42 Å². The van der Waals surface area contributed by atoms with Crippen molar-refractivity contribution in [1.82, 2.24) is 10.6 Å². The monoisotopic (exact) mass is 378 g/mol. The number of nitrogens with one attached hydrogen (secondary N) is 2. The van der Waals surface area contributed by atoms with Crippen molar-refractivity contribution >= 4 is 12.2 Å². The van der Waals surface area contributed by atoms with Crippen molar-refractivity contribution in [3.63, 3.8) is 0 Å². The van der Waals surface area contributed by atoms with Crippen molar-refractivity contribution in [2.45, 2.75) is 70.4 Å². The number of carbonyl (C=O) groups excluding carboxylic acids is 2. The Morgan fingerprint density at radius 3 is 2.41 bits per heavy atom. The van der Waals surface area contributed by atoms with Crippen molar-refractivity contribution in [2.75, 3.05) is 7.11 Å². The fraction of sp³-hybridized carbons (Fsp3) is 0.600. The molecule has 1 aliphatic rings. The summed E-state index contributed by atoms with van der Waals surface area (Å²) in [7, 11) is 1.62. The third kappa shape index (κ3) is 7.46. The molecule has 7 heteroatoms. The molecule has 0 radical (unpaired) electrons. The summed E-state index contributed by atoms with van der Waals surface area (Å²) in [6.07, 6.45) is 0.970.